The van der Waals surface area contributed by atoms with Crippen molar-refractivity contribution in [3.8, 4) is 28.2 Å². The van der Waals surface area contributed by atoms with E-state index in [0.29, 0.717) is 59.4 Å². The van der Waals surface area contributed by atoms with Gasteiger partial charge in [-0.15, -0.1) is 0 Å². The number of phenolic OH excluding ortho intramolecular Hbond substituents is 1. The first-order valence-corrected chi connectivity index (χ1v) is 20.4. The fourth-order valence-corrected chi connectivity index (χ4v) is 8.00. The Kier molecular flexibility index (Phi) is 12.8. The summed E-state index contributed by atoms with van der Waals surface area (Å²) in [7, 11) is 0. The zero-order valence-electron chi connectivity index (χ0n) is 32.9. The van der Waals surface area contributed by atoms with E-state index in [9.17, 15) is 19.8 Å². The summed E-state index contributed by atoms with van der Waals surface area (Å²) in [4.78, 5) is 50.0. The summed E-state index contributed by atoms with van der Waals surface area (Å²) >= 11 is 13.8. The predicted octanol–water partition coefficient (Wildman–Crippen LogP) is 9.13. The molecule has 306 valence electrons. The molecule has 2 aromatic carbocycles. The topological polar surface area (TPSA) is 146 Å². The van der Waals surface area contributed by atoms with Crippen LogP contribution in [0.1, 0.15) is 50.7 Å². The Labute approximate surface area is 361 Å². The number of carbonyl (C=O) groups is 1. The largest absolute Gasteiger partial charge is 0.506 e. The van der Waals surface area contributed by atoms with Gasteiger partial charge in [0.05, 0.1) is 50.6 Å². The summed E-state index contributed by atoms with van der Waals surface area (Å²) < 4.78 is 6.97. The lowest BCUT2D eigenvalue weighted by atomic mass is 9.89. The quantitative estimate of drug-likeness (QED) is 0.0709. The fraction of sp³-hybridized carbons (Fsp3) is 0.167. The highest BCUT2D eigenvalue weighted by Gasteiger charge is 2.29. The van der Waals surface area contributed by atoms with Crippen molar-refractivity contribution < 1.29 is 19.4 Å². The first-order valence-electron chi connectivity index (χ1n) is 19.7. The van der Waals surface area contributed by atoms with E-state index in [4.69, 9.17) is 27.6 Å². The van der Waals surface area contributed by atoms with Crippen LogP contribution in [-0.4, -0.2) is 52.3 Å². The second-order valence-corrected chi connectivity index (χ2v) is 15.4. The number of aromatic hydroxyl groups is 1. The molecule has 0 unspecified atom stereocenters. The van der Waals surface area contributed by atoms with E-state index in [0.717, 1.165) is 22.8 Å². The molecule has 8 rings (SSSR count). The molecule has 0 saturated carbocycles. The van der Waals surface area contributed by atoms with Crippen molar-refractivity contribution in [3.63, 3.8) is 0 Å². The summed E-state index contributed by atoms with van der Waals surface area (Å²) in [5, 5.41) is 22.1. The highest BCUT2D eigenvalue weighted by Crippen LogP contribution is 2.47. The van der Waals surface area contributed by atoms with Crippen LogP contribution in [0.2, 0.25) is 10.0 Å². The number of nitrogens with zero attached hydrogens (tertiary/aromatic N) is 6. The molecule has 6 aromatic rings. The molecule has 4 aromatic heterocycles. The summed E-state index contributed by atoms with van der Waals surface area (Å²) in [5.41, 5.74) is 5.77. The second-order valence-electron chi connectivity index (χ2n) is 14.6. The van der Waals surface area contributed by atoms with Crippen LogP contribution in [0.5, 0.6) is 5.75 Å². The number of carbonyl (C=O) groups excluding carboxylic acids is 1. The average Bonchev–Trinajstić information content (AvgIpc) is 3.28. The van der Waals surface area contributed by atoms with Gasteiger partial charge in [0.25, 0.3) is 0 Å². The first-order chi connectivity index (χ1) is 29.7. The lowest BCUT2D eigenvalue weighted by Gasteiger charge is -2.26. The summed E-state index contributed by atoms with van der Waals surface area (Å²) in [6, 6.07) is 33.0. The van der Waals surface area contributed by atoms with Crippen molar-refractivity contribution in [1.29, 1.82) is 0 Å². The number of pyridine rings is 4. The van der Waals surface area contributed by atoms with Gasteiger partial charge in [-0.3, -0.25) is 39.3 Å². The maximum absolute atomic E-state index is 14.4. The van der Waals surface area contributed by atoms with E-state index in [2.05, 4.69) is 24.8 Å². The van der Waals surface area contributed by atoms with Crippen LogP contribution in [-0.2, 0) is 39.3 Å². The minimum Gasteiger partial charge on any atom is -0.506 e. The highest BCUT2D eigenvalue weighted by atomic mass is 35.5. The van der Waals surface area contributed by atoms with Gasteiger partial charge >= 0.3 is 0 Å². The third-order valence-corrected chi connectivity index (χ3v) is 10.9. The molecule has 0 saturated heterocycles. The number of phenols is 1. The molecule has 0 bridgehead atoms. The summed E-state index contributed by atoms with van der Waals surface area (Å²) in [6.45, 7) is 1.45. The minimum atomic E-state index is -0.422. The van der Waals surface area contributed by atoms with Crippen LogP contribution >= 0.6 is 23.2 Å². The fourth-order valence-electron chi connectivity index (χ4n) is 7.56. The van der Waals surface area contributed by atoms with Crippen LogP contribution in [0.4, 0.5) is 0 Å². The molecule has 13 heteroatoms. The molecular weight excluding hydrogens is 811 g/mol. The number of benzene rings is 3. The second kappa shape index (κ2) is 18.9. The van der Waals surface area contributed by atoms with Crippen molar-refractivity contribution in [2.24, 2.45) is 0 Å². The SMILES string of the molecule is O=C(CCO)c1cccc(-c2c3cc(Cl)c(=O)c(CN(Cc4ccccn4)Cc4ccccn4)c-3oc3c(CN(Cc4ccccn4)Cc4ccccn4)c(O)c(Cl)cc23)c1. The number of aliphatic hydroxyl groups is 1. The Bertz CT molecular complexity index is 2730. The number of rotatable bonds is 16. The molecule has 0 amide bonds. The molecule has 2 N–H and O–H groups in total. The molecule has 5 heterocycles. The smallest absolute Gasteiger partial charge is 0.205 e. The highest BCUT2D eigenvalue weighted by molar-refractivity contribution is 6.33. The monoisotopic (exact) mass is 850 g/mol. The number of Topliss-reactive ketones (excluding diaryl/α,β-unsaturated/α-hetero) is 1. The molecular formula is C48H40Cl2N6O5. The Morgan fingerprint density at radius 3 is 1.64 bits per heavy atom. The third kappa shape index (κ3) is 9.52. The molecule has 11 nitrogen and oxygen atoms in total. The molecule has 2 aliphatic rings. The molecule has 1 aliphatic carbocycles. The van der Waals surface area contributed by atoms with E-state index >= 15 is 0 Å². The molecule has 0 spiro atoms. The van der Waals surface area contributed by atoms with Crippen LogP contribution < -0.4 is 5.43 Å². The maximum atomic E-state index is 14.4. The first kappa shape index (κ1) is 41.4. The van der Waals surface area contributed by atoms with Gasteiger partial charge in [-0.2, -0.15) is 0 Å². The zero-order chi connectivity index (χ0) is 42.3. The number of halogens is 2. The van der Waals surface area contributed by atoms with Crippen LogP contribution in [0.15, 0.2) is 143 Å². The standard InChI is InChI=1S/C48H40Cl2N6O5/c49-41-23-37-44(32-11-9-10-31(22-32)43(58)16-21-57)38-24-42(50)46(60)40(30-56(27-35-14-3-7-19-53-35)28-36-15-4-8-20-54-36)48(38)61-47(37)39(45(41)59)29-55(25-33-12-1-5-17-51-33)26-34-13-2-6-18-52-34/h1-15,17-20,22-24,57,59H,16,21,25-30H2. The van der Waals surface area contributed by atoms with E-state index in [1.165, 1.54) is 0 Å². The van der Waals surface area contributed by atoms with Crippen molar-refractivity contribution in [3.05, 3.63) is 194 Å². The van der Waals surface area contributed by atoms with Gasteiger partial charge in [0.2, 0.25) is 5.43 Å². The van der Waals surface area contributed by atoms with Gasteiger partial charge < -0.3 is 14.6 Å². The predicted molar refractivity (Wildman–Crippen MR) is 235 cm³/mol. The Hall–Kier alpha value is -6.34. The maximum Gasteiger partial charge on any atom is 0.205 e. The van der Waals surface area contributed by atoms with Crippen molar-refractivity contribution in [2.45, 2.75) is 45.7 Å². The van der Waals surface area contributed by atoms with Gasteiger partial charge in [-0.25, -0.2) is 0 Å². The van der Waals surface area contributed by atoms with Crippen LogP contribution in [0, 0.1) is 0 Å². The average molecular weight is 852 g/mol. The Morgan fingerprint density at radius 1 is 0.623 bits per heavy atom. The number of ketones is 1. The number of aliphatic hydroxyl groups excluding tert-OH is 1. The molecule has 0 fully saturated rings. The van der Waals surface area contributed by atoms with Gasteiger partial charge in [0, 0.05) is 92.6 Å². The van der Waals surface area contributed by atoms with Crippen molar-refractivity contribution >= 4 is 40.0 Å². The number of fused-ring (bicyclic) bond motifs is 2. The number of hydrogen-bond donors (Lipinski definition) is 2. The van der Waals surface area contributed by atoms with Gasteiger partial charge in [0.15, 0.2) is 5.78 Å². The number of hydrogen-bond acceptors (Lipinski definition) is 11. The lowest BCUT2D eigenvalue weighted by molar-refractivity contribution is 0.0956. The molecule has 0 atom stereocenters. The van der Waals surface area contributed by atoms with Crippen LogP contribution in [0.3, 0.4) is 0 Å². The van der Waals surface area contributed by atoms with Crippen molar-refractivity contribution in [2.75, 3.05) is 6.61 Å². The van der Waals surface area contributed by atoms with E-state index in [-0.39, 0.29) is 64.6 Å². The zero-order valence-corrected chi connectivity index (χ0v) is 34.4. The summed E-state index contributed by atoms with van der Waals surface area (Å²) in [6.07, 6.45) is 6.84. The molecule has 0 radical (unpaired) electrons. The van der Waals surface area contributed by atoms with Crippen LogP contribution in [0.25, 0.3) is 33.4 Å². The van der Waals surface area contributed by atoms with Gasteiger partial charge in [-0.05, 0) is 72.3 Å². The van der Waals surface area contributed by atoms with Gasteiger partial charge in [-0.1, -0.05) is 65.7 Å². The lowest BCUT2D eigenvalue weighted by Crippen LogP contribution is -2.27. The van der Waals surface area contributed by atoms with E-state index < -0.39 is 5.43 Å². The number of aromatic nitrogens is 4. The third-order valence-electron chi connectivity index (χ3n) is 10.3. The Morgan fingerprint density at radius 2 is 1.15 bits per heavy atom. The normalized spacial score (nSPS) is 11.6. The molecule has 61 heavy (non-hydrogen) atoms. The molecule has 1 aliphatic heterocycles. The minimum absolute atomic E-state index is 0.0246. The van der Waals surface area contributed by atoms with Crippen molar-refractivity contribution in [1.82, 2.24) is 29.7 Å². The summed E-state index contributed by atoms with van der Waals surface area (Å²) in [5.74, 6) is -0.179. The van der Waals surface area contributed by atoms with E-state index in [1.807, 2.05) is 83.8 Å². The van der Waals surface area contributed by atoms with E-state index in [1.54, 1.807) is 55.1 Å². The van der Waals surface area contributed by atoms with Gasteiger partial charge in [0.1, 0.15) is 17.1 Å². The Balaban J connectivity index is 1.36.